The fourth-order valence-electron chi connectivity index (χ4n) is 3.58. The van der Waals surface area contributed by atoms with Crippen molar-refractivity contribution in [3.05, 3.63) is 77.7 Å². The third kappa shape index (κ3) is 3.75. The fourth-order valence-corrected chi connectivity index (χ4v) is 3.58. The van der Waals surface area contributed by atoms with Gasteiger partial charge in [0, 0.05) is 22.6 Å². The first-order valence-corrected chi connectivity index (χ1v) is 9.51. The lowest BCUT2D eigenvalue weighted by molar-refractivity contribution is -0.137. The van der Waals surface area contributed by atoms with E-state index in [2.05, 4.69) is 5.16 Å². The number of ether oxygens (including phenoxy) is 2. The Morgan fingerprint density at radius 2 is 1.56 bits per heavy atom. The highest BCUT2D eigenvalue weighted by atomic mass is 19.4. The lowest BCUT2D eigenvalue weighted by Gasteiger charge is -2.15. The maximum atomic E-state index is 13.7. The third-order valence-electron chi connectivity index (χ3n) is 5.07. The van der Waals surface area contributed by atoms with Crippen LogP contribution in [0.2, 0.25) is 0 Å². The molecule has 1 heterocycles. The van der Waals surface area contributed by atoms with Crippen molar-refractivity contribution in [2.24, 2.45) is 5.16 Å². The zero-order valence-electron chi connectivity index (χ0n) is 17.1. The summed E-state index contributed by atoms with van der Waals surface area (Å²) in [6.07, 6.45) is -4.55. The van der Waals surface area contributed by atoms with Gasteiger partial charge in [-0.2, -0.15) is 13.2 Å². The number of benzene rings is 3. The first-order chi connectivity index (χ1) is 15.4. The van der Waals surface area contributed by atoms with Gasteiger partial charge < -0.3 is 19.1 Å². The number of fused-ring (bicyclic) bond motifs is 1. The van der Waals surface area contributed by atoms with Gasteiger partial charge in [-0.05, 0) is 35.9 Å². The molecule has 1 aromatic heterocycles. The Hall–Kier alpha value is -3.94. The standard InChI is InChI=1S/C24H18F3NO4/c1-30-20-11-10-14(12-22(20)31-2)21-13-19(28-29)17-8-5-7-16(23(17)32-21)15-6-3-4-9-18(15)24(25,26)27/h3-13,29H,1-2H3/b28-19+. The van der Waals surface area contributed by atoms with Gasteiger partial charge in [-0.15, -0.1) is 0 Å². The Labute approximate surface area is 180 Å². The average Bonchev–Trinajstić information content (AvgIpc) is 2.81. The quantitative estimate of drug-likeness (QED) is 0.307. The van der Waals surface area contributed by atoms with Gasteiger partial charge in [0.15, 0.2) is 11.5 Å². The summed E-state index contributed by atoms with van der Waals surface area (Å²) in [5.74, 6) is 1.23. The highest BCUT2D eigenvalue weighted by Crippen LogP contribution is 2.40. The Balaban J connectivity index is 2.02. The molecule has 1 N–H and O–H groups in total. The van der Waals surface area contributed by atoms with E-state index in [9.17, 15) is 18.4 Å². The largest absolute Gasteiger partial charge is 0.493 e. The third-order valence-corrected chi connectivity index (χ3v) is 5.07. The number of halogens is 3. The molecule has 4 rings (SSSR count). The van der Waals surface area contributed by atoms with Gasteiger partial charge in [-0.3, -0.25) is 0 Å². The zero-order chi connectivity index (χ0) is 22.9. The van der Waals surface area contributed by atoms with Crippen LogP contribution in [-0.2, 0) is 6.18 Å². The highest BCUT2D eigenvalue weighted by Gasteiger charge is 2.34. The van der Waals surface area contributed by atoms with Crippen LogP contribution in [0.4, 0.5) is 13.2 Å². The van der Waals surface area contributed by atoms with Crippen LogP contribution in [0.25, 0.3) is 33.4 Å². The molecule has 0 fully saturated rings. The van der Waals surface area contributed by atoms with Crippen molar-refractivity contribution >= 4 is 11.0 Å². The van der Waals surface area contributed by atoms with Gasteiger partial charge in [0.25, 0.3) is 0 Å². The monoisotopic (exact) mass is 441 g/mol. The molecule has 4 aromatic rings. The summed E-state index contributed by atoms with van der Waals surface area (Å²) in [4.78, 5) is 0. The summed E-state index contributed by atoms with van der Waals surface area (Å²) < 4.78 is 57.6. The predicted octanol–water partition coefficient (Wildman–Crippen LogP) is 6.09. The Morgan fingerprint density at radius 1 is 0.844 bits per heavy atom. The van der Waals surface area contributed by atoms with Crippen molar-refractivity contribution in [3.8, 4) is 33.9 Å². The van der Waals surface area contributed by atoms with E-state index < -0.39 is 11.7 Å². The first kappa shape index (κ1) is 21.3. The highest BCUT2D eigenvalue weighted by molar-refractivity contribution is 5.93. The molecule has 0 saturated carbocycles. The normalized spacial score (nSPS) is 12.2. The van der Waals surface area contributed by atoms with E-state index in [1.807, 2.05) is 0 Å². The zero-order valence-corrected chi connectivity index (χ0v) is 17.1. The van der Waals surface area contributed by atoms with Gasteiger partial charge in [0.2, 0.25) is 0 Å². The van der Waals surface area contributed by atoms with Crippen molar-refractivity contribution in [2.45, 2.75) is 6.18 Å². The molecular formula is C24H18F3NO4. The van der Waals surface area contributed by atoms with Crippen LogP contribution in [0.3, 0.4) is 0 Å². The van der Waals surface area contributed by atoms with Crippen molar-refractivity contribution in [3.63, 3.8) is 0 Å². The van der Waals surface area contributed by atoms with Crippen LogP contribution in [0.1, 0.15) is 5.56 Å². The number of alkyl halides is 3. The van der Waals surface area contributed by atoms with Gasteiger partial charge in [0.05, 0.1) is 19.8 Å². The van der Waals surface area contributed by atoms with Crippen molar-refractivity contribution in [1.82, 2.24) is 0 Å². The van der Waals surface area contributed by atoms with E-state index in [-0.39, 0.29) is 27.8 Å². The summed E-state index contributed by atoms with van der Waals surface area (Å²) in [7, 11) is 2.99. The molecule has 164 valence electrons. The molecule has 0 aliphatic rings. The molecule has 0 amide bonds. The lowest BCUT2D eigenvalue weighted by atomic mass is 9.97. The second-order valence-corrected chi connectivity index (χ2v) is 6.89. The molecule has 3 aromatic carbocycles. The van der Waals surface area contributed by atoms with Gasteiger partial charge in [-0.25, -0.2) is 0 Å². The van der Waals surface area contributed by atoms with Crippen molar-refractivity contribution in [1.29, 1.82) is 0 Å². The van der Waals surface area contributed by atoms with Crippen LogP contribution < -0.4 is 14.8 Å². The second-order valence-electron chi connectivity index (χ2n) is 6.89. The van der Waals surface area contributed by atoms with Crippen LogP contribution in [0.5, 0.6) is 11.5 Å². The summed E-state index contributed by atoms with van der Waals surface area (Å²) in [6.45, 7) is 0. The van der Waals surface area contributed by atoms with E-state index in [1.165, 1.54) is 44.6 Å². The van der Waals surface area contributed by atoms with Crippen LogP contribution in [-0.4, -0.2) is 19.4 Å². The molecule has 0 aliphatic heterocycles. The van der Waals surface area contributed by atoms with Crippen molar-refractivity contribution in [2.75, 3.05) is 14.2 Å². The van der Waals surface area contributed by atoms with E-state index in [0.29, 0.717) is 22.4 Å². The van der Waals surface area contributed by atoms with E-state index >= 15 is 0 Å². The Kier molecular flexibility index (Phi) is 5.52. The number of hydrogen-bond acceptors (Lipinski definition) is 5. The molecule has 0 atom stereocenters. The SMILES string of the molecule is COc1ccc(-c2c/c(=N\O)c3cccc(-c4ccccc4C(F)(F)F)c3o2)cc1OC. The minimum absolute atomic E-state index is 0.0392. The smallest absolute Gasteiger partial charge is 0.417 e. The van der Waals surface area contributed by atoms with Crippen LogP contribution in [0.15, 0.2) is 76.3 Å². The molecule has 5 nitrogen and oxygen atoms in total. The predicted molar refractivity (Wildman–Crippen MR) is 113 cm³/mol. The molecule has 0 radical (unpaired) electrons. The number of nitrogens with zero attached hydrogens (tertiary/aromatic N) is 1. The summed E-state index contributed by atoms with van der Waals surface area (Å²) in [5.41, 5.74) is 0.115. The molecule has 0 saturated heterocycles. The minimum Gasteiger partial charge on any atom is -0.493 e. The van der Waals surface area contributed by atoms with E-state index in [1.54, 1.807) is 30.3 Å². The van der Waals surface area contributed by atoms with Crippen molar-refractivity contribution < 1.29 is 32.3 Å². The number of methoxy groups -OCH3 is 2. The van der Waals surface area contributed by atoms with E-state index in [4.69, 9.17) is 13.9 Å². The second kappa shape index (κ2) is 8.30. The maximum Gasteiger partial charge on any atom is 0.417 e. The molecule has 0 unspecified atom stereocenters. The summed E-state index contributed by atoms with van der Waals surface area (Å²) in [6, 6.07) is 16.5. The molecule has 0 bridgehead atoms. The minimum atomic E-state index is -4.55. The number of rotatable bonds is 4. The topological polar surface area (TPSA) is 64.2 Å². The van der Waals surface area contributed by atoms with Gasteiger partial charge in [-0.1, -0.05) is 35.5 Å². The first-order valence-electron chi connectivity index (χ1n) is 9.51. The fraction of sp³-hybridized carbons (Fsp3) is 0.125. The Bertz CT molecular complexity index is 1360. The molecule has 32 heavy (non-hydrogen) atoms. The van der Waals surface area contributed by atoms with Gasteiger partial charge in [0.1, 0.15) is 16.7 Å². The number of hydrogen-bond donors (Lipinski definition) is 1. The number of para-hydroxylation sites is 1. The van der Waals surface area contributed by atoms with Crippen LogP contribution in [0, 0.1) is 0 Å². The molecule has 8 heteroatoms. The lowest BCUT2D eigenvalue weighted by Crippen LogP contribution is -2.08. The summed E-state index contributed by atoms with van der Waals surface area (Å²) in [5, 5.41) is 13.4. The summed E-state index contributed by atoms with van der Waals surface area (Å²) >= 11 is 0. The molecular weight excluding hydrogens is 423 g/mol. The van der Waals surface area contributed by atoms with Crippen LogP contribution >= 0.6 is 0 Å². The maximum absolute atomic E-state index is 13.7. The van der Waals surface area contributed by atoms with Gasteiger partial charge >= 0.3 is 6.18 Å². The molecule has 0 spiro atoms. The average molecular weight is 441 g/mol. The molecule has 0 aliphatic carbocycles. The Morgan fingerprint density at radius 3 is 2.25 bits per heavy atom. The van der Waals surface area contributed by atoms with E-state index in [0.717, 1.165) is 6.07 Å².